The first kappa shape index (κ1) is 13.8. The Hall–Kier alpha value is -0.240. The minimum atomic E-state index is 0.0940. The Labute approximate surface area is 104 Å². The molecule has 0 radical (unpaired) electrons. The SMILES string of the molecule is CC(C)(C)CC(=O)N1CCCC1CCCCl. The highest BCUT2D eigenvalue weighted by Crippen LogP contribution is 2.26. The number of hydrogen-bond acceptors (Lipinski definition) is 1. The summed E-state index contributed by atoms with van der Waals surface area (Å²) in [6, 6.07) is 0.452. The molecule has 1 aliphatic heterocycles. The lowest BCUT2D eigenvalue weighted by molar-refractivity contribution is -0.134. The van der Waals surface area contributed by atoms with Gasteiger partial charge in [-0.3, -0.25) is 4.79 Å². The van der Waals surface area contributed by atoms with Gasteiger partial charge in [-0.05, 0) is 31.1 Å². The molecule has 0 spiro atoms. The maximum atomic E-state index is 12.1. The highest BCUT2D eigenvalue weighted by molar-refractivity contribution is 6.17. The van der Waals surface area contributed by atoms with E-state index in [0.29, 0.717) is 24.2 Å². The molecule has 1 unspecified atom stereocenters. The minimum absolute atomic E-state index is 0.0940. The molecule has 2 nitrogen and oxygen atoms in total. The minimum Gasteiger partial charge on any atom is -0.340 e. The number of nitrogens with zero attached hydrogens (tertiary/aromatic N) is 1. The van der Waals surface area contributed by atoms with E-state index in [1.54, 1.807) is 0 Å². The van der Waals surface area contributed by atoms with Crippen molar-refractivity contribution in [2.45, 2.75) is 58.9 Å². The van der Waals surface area contributed by atoms with Crippen LogP contribution in [0.25, 0.3) is 0 Å². The van der Waals surface area contributed by atoms with E-state index in [0.717, 1.165) is 32.2 Å². The van der Waals surface area contributed by atoms with Crippen LogP contribution < -0.4 is 0 Å². The van der Waals surface area contributed by atoms with E-state index in [-0.39, 0.29) is 5.41 Å². The zero-order valence-electron chi connectivity index (χ0n) is 10.8. The predicted octanol–water partition coefficient (Wildman–Crippen LogP) is 3.43. The van der Waals surface area contributed by atoms with E-state index < -0.39 is 0 Å². The molecule has 0 aromatic heterocycles. The summed E-state index contributed by atoms with van der Waals surface area (Å²) in [5.41, 5.74) is 0.0940. The van der Waals surface area contributed by atoms with Gasteiger partial charge in [0, 0.05) is 24.9 Å². The van der Waals surface area contributed by atoms with Crippen LogP contribution in [0.3, 0.4) is 0 Å². The van der Waals surface area contributed by atoms with Gasteiger partial charge in [0.05, 0.1) is 0 Å². The number of rotatable bonds is 4. The summed E-state index contributed by atoms with van der Waals surface area (Å²) < 4.78 is 0. The van der Waals surface area contributed by atoms with Crippen molar-refractivity contribution in [3.05, 3.63) is 0 Å². The summed E-state index contributed by atoms with van der Waals surface area (Å²) in [6.45, 7) is 7.31. The molecule has 1 atom stereocenters. The van der Waals surface area contributed by atoms with Crippen molar-refractivity contribution in [3.63, 3.8) is 0 Å². The van der Waals surface area contributed by atoms with Gasteiger partial charge in [-0.25, -0.2) is 0 Å². The summed E-state index contributed by atoms with van der Waals surface area (Å²) in [5, 5.41) is 0. The molecule has 3 heteroatoms. The van der Waals surface area contributed by atoms with Crippen LogP contribution in [0, 0.1) is 5.41 Å². The molecule has 1 amide bonds. The second-order valence-electron chi connectivity index (χ2n) is 5.95. The Morgan fingerprint density at radius 1 is 1.44 bits per heavy atom. The average molecular weight is 246 g/mol. The number of likely N-dealkylation sites (tertiary alicyclic amines) is 1. The fraction of sp³-hybridized carbons (Fsp3) is 0.923. The van der Waals surface area contributed by atoms with Crippen molar-refractivity contribution >= 4 is 17.5 Å². The molecule has 0 bridgehead atoms. The van der Waals surface area contributed by atoms with Crippen LogP contribution in [0.15, 0.2) is 0 Å². The van der Waals surface area contributed by atoms with Crippen LogP contribution in [0.1, 0.15) is 52.9 Å². The molecule has 1 fully saturated rings. The number of carbonyl (C=O) groups is 1. The van der Waals surface area contributed by atoms with E-state index in [4.69, 9.17) is 11.6 Å². The average Bonchev–Trinajstić information content (AvgIpc) is 2.59. The predicted molar refractivity (Wildman–Crippen MR) is 68.8 cm³/mol. The maximum absolute atomic E-state index is 12.1. The maximum Gasteiger partial charge on any atom is 0.223 e. The summed E-state index contributed by atoms with van der Waals surface area (Å²) in [4.78, 5) is 14.2. The molecular formula is C13H24ClNO. The van der Waals surface area contributed by atoms with Crippen LogP contribution >= 0.6 is 11.6 Å². The lowest BCUT2D eigenvalue weighted by Gasteiger charge is -2.28. The van der Waals surface area contributed by atoms with Gasteiger partial charge in [-0.1, -0.05) is 20.8 Å². The third kappa shape index (κ3) is 4.32. The quantitative estimate of drug-likeness (QED) is 0.695. The van der Waals surface area contributed by atoms with Gasteiger partial charge in [0.2, 0.25) is 5.91 Å². The monoisotopic (exact) mass is 245 g/mol. The van der Waals surface area contributed by atoms with Crippen molar-refractivity contribution in [1.29, 1.82) is 0 Å². The lowest BCUT2D eigenvalue weighted by atomic mass is 9.91. The molecule has 0 aromatic rings. The van der Waals surface area contributed by atoms with E-state index in [1.165, 1.54) is 0 Å². The lowest BCUT2D eigenvalue weighted by Crippen LogP contribution is -2.37. The Morgan fingerprint density at radius 3 is 2.69 bits per heavy atom. The molecule has 16 heavy (non-hydrogen) atoms. The summed E-state index contributed by atoms with van der Waals surface area (Å²) in [5.74, 6) is 1.03. The third-order valence-electron chi connectivity index (χ3n) is 3.05. The first-order valence-electron chi connectivity index (χ1n) is 6.29. The van der Waals surface area contributed by atoms with E-state index in [2.05, 4.69) is 25.7 Å². The van der Waals surface area contributed by atoms with Gasteiger partial charge in [-0.15, -0.1) is 11.6 Å². The molecule has 0 aliphatic carbocycles. The highest BCUT2D eigenvalue weighted by Gasteiger charge is 2.30. The normalized spacial score (nSPS) is 21.5. The number of alkyl halides is 1. The molecule has 1 heterocycles. The van der Waals surface area contributed by atoms with Crippen LogP contribution in [0.2, 0.25) is 0 Å². The van der Waals surface area contributed by atoms with Gasteiger partial charge in [0.1, 0.15) is 0 Å². The van der Waals surface area contributed by atoms with Crippen LogP contribution in [-0.2, 0) is 4.79 Å². The fourth-order valence-electron chi connectivity index (χ4n) is 2.33. The van der Waals surface area contributed by atoms with E-state index in [1.807, 2.05) is 0 Å². The van der Waals surface area contributed by atoms with Gasteiger partial charge < -0.3 is 4.90 Å². The Morgan fingerprint density at radius 2 is 2.12 bits per heavy atom. The molecule has 0 aromatic carbocycles. The summed E-state index contributed by atoms with van der Waals surface area (Å²) >= 11 is 5.71. The van der Waals surface area contributed by atoms with Crippen molar-refractivity contribution < 1.29 is 4.79 Å². The van der Waals surface area contributed by atoms with Crippen LogP contribution in [0.4, 0.5) is 0 Å². The standard InChI is InChI=1S/C13H24ClNO/c1-13(2,3)10-12(16)15-9-5-7-11(15)6-4-8-14/h11H,4-10H2,1-3H3. The molecular weight excluding hydrogens is 222 g/mol. The van der Waals surface area contributed by atoms with Crippen molar-refractivity contribution in [2.75, 3.05) is 12.4 Å². The van der Waals surface area contributed by atoms with Gasteiger partial charge in [0.25, 0.3) is 0 Å². The van der Waals surface area contributed by atoms with Gasteiger partial charge in [0.15, 0.2) is 0 Å². The number of amides is 1. The first-order chi connectivity index (χ1) is 7.44. The number of hydrogen-bond donors (Lipinski definition) is 0. The molecule has 1 aliphatic rings. The zero-order chi connectivity index (χ0) is 12.2. The fourth-order valence-corrected chi connectivity index (χ4v) is 2.49. The smallest absolute Gasteiger partial charge is 0.223 e. The number of halogens is 1. The Balaban J connectivity index is 2.47. The topological polar surface area (TPSA) is 20.3 Å². The Bertz CT molecular complexity index is 235. The Kier molecular flexibility index (Phi) is 5.10. The molecule has 0 N–H and O–H groups in total. The largest absolute Gasteiger partial charge is 0.340 e. The van der Waals surface area contributed by atoms with Crippen molar-refractivity contribution in [2.24, 2.45) is 5.41 Å². The zero-order valence-corrected chi connectivity index (χ0v) is 11.5. The van der Waals surface area contributed by atoms with Crippen molar-refractivity contribution in [3.8, 4) is 0 Å². The van der Waals surface area contributed by atoms with Gasteiger partial charge >= 0.3 is 0 Å². The second kappa shape index (κ2) is 5.90. The van der Waals surface area contributed by atoms with Crippen LogP contribution in [0.5, 0.6) is 0 Å². The van der Waals surface area contributed by atoms with E-state index >= 15 is 0 Å². The molecule has 94 valence electrons. The van der Waals surface area contributed by atoms with Crippen molar-refractivity contribution in [1.82, 2.24) is 4.90 Å². The first-order valence-corrected chi connectivity index (χ1v) is 6.83. The molecule has 1 rings (SSSR count). The highest BCUT2D eigenvalue weighted by atomic mass is 35.5. The van der Waals surface area contributed by atoms with E-state index in [9.17, 15) is 4.79 Å². The van der Waals surface area contributed by atoms with Crippen LogP contribution in [-0.4, -0.2) is 29.3 Å². The second-order valence-corrected chi connectivity index (χ2v) is 6.33. The third-order valence-corrected chi connectivity index (χ3v) is 3.32. The van der Waals surface area contributed by atoms with Gasteiger partial charge in [-0.2, -0.15) is 0 Å². The number of carbonyl (C=O) groups excluding carboxylic acids is 1. The molecule has 1 saturated heterocycles. The molecule has 0 saturated carbocycles. The summed E-state index contributed by atoms with van der Waals surface area (Å²) in [6.07, 6.45) is 5.06. The summed E-state index contributed by atoms with van der Waals surface area (Å²) in [7, 11) is 0.